The molecule has 1 aromatic rings. The van der Waals surface area contributed by atoms with Gasteiger partial charge >= 0.3 is 0 Å². The number of oxime groups is 1. The molecule has 0 saturated heterocycles. The Morgan fingerprint density at radius 2 is 1.91 bits per heavy atom. The first-order valence-corrected chi connectivity index (χ1v) is 18.5. The van der Waals surface area contributed by atoms with E-state index in [1.807, 2.05) is 0 Å². The highest BCUT2D eigenvalue weighted by Gasteiger charge is 2.59. The standard InChI is InChI=1S/C40H52N2O4/c1-25-21-26(33-22-27-8-5-19-42-20-6-10-32(37(27)42)38(33)46-25)7-4-9-30(44)24-45-41-36-14-13-34-31-12-11-28-23-29(43)15-17-39(28,2)35(31)16-18-40(34,36)3/h21-22,28,31,34-35H,1,4-20,23-24H2,2-3H3/b41-36+/t28-,31?,34?,35?,39-,40-/m0/s1. The largest absolute Gasteiger partial charge is 0.457 e. The maximum absolute atomic E-state index is 13.0. The van der Waals surface area contributed by atoms with Gasteiger partial charge < -0.3 is 14.5 Å². The van der Waals surface area contributed by atoms with Crippen LogP contribution >= 0.6 is 0 Å². The number of anilines is 1. The molecule has 3 heterocycles. The van der Waals surface area contributed by atoms with E-state index in [9.17, 15) is 9.59 Å². The zero-order chi connectivity index (χ0) is 31.6. The van der Waals surface area contributed by atoms with Crippen molar-refractivity contribution in [1.29, 1.82) is 0 Å². The average Bonchev–Trinajstić information content (AvgIpc) is 3.38. The van der Waals surface area contributed by atoms with Gasteiger partial charge in [-0.2, -0.15) is 0 Å². The minimum absolute atomic E-state index is 0.0586. The fraction of sp³-hybridized carbons (Fsp3) is 0.675. The molecule has 6 heteroatoms. The lowest BCUT2D eigenvalue weighted by Gasteiger charge is -2.59. The summed E-state index contributed by atoms with van der Waals surface area (Å²) in [7, 11) is 0. The molecular formula is C40H52N2O4. The lowest BCUT2D eigenvalue weighted by atomic mass is 9.45. The Bertz CT molecular complexity index is 1520. The van der Waals surface area contributed by atoms with E-state index in [0.29, 0.717) is 35.2 Å². The second kappa shape index (κ2) is 11.7. The third kappa shape index (κ3) is 4.99. The number of carbonyl (C=O) groups is 2. The molecule has 4 saturated carbocycles. The minimum Gasteiger partial charge on any atom is -0.457 e. The summed E-state index contributed by atoms with van der Waals surface area (Å²) >= 11 is 0. The second-order valence-corrected chi connectivity index (χ2v) is 16.3. The van der Waals surface area contributed by atoms with Gasteiger partial charge in [-0.3, -0.25) is 9.59 Å². The van der Waals surface area contributed by atoms with E-state index < -0.39 is 0 Å². The SMILES string of the molecule is C=C1C=C(CCCC(=O)CO/N=C2\CCC3C4CC[C@H]5CC(=O)CC[C@]5(C)C4CC[C@]23C)c2cc3c4c(c2O1)CCCN4CCC3. The average molecular weight is 625 g/mol. The van der Waals surface area contributed by atoms with E-state index in [-0.39, 0.29) is 17.8 Å². The third-order valence-corrected chi connectivity index (χ3v) is 13.9. The highest BCUT2D eigenvalue weighted by atomic mass is 16.6. The first kappa shape index (κ1) is 30.4. The summed E-state index contributed by atoms with van der Waals surface area (Å²) in [5.74, 6) is 5.01. The molecule has 0 amide bonds. The number of ketones is 2. The lowest BCUT2D eigenvalue weighted by Crippen LogP contribution is -2.53. The topological polar surface area (TPSA) is 68.2 Å². The van der Waals surface area contributed by atoms with Crippen molar-refractivity contribution in [1.82, 2.24) is 0 Å². The number of benzene rings is 1. The van der Waals surface area contributed by atoms with Crippen molar-refractivity contribution in [3.05, 3.63) is 41.2 Å². The van der Waals surface area contributed by atoms with Crippen molar-refractivity contribution < 1.29 is 19.2 Å². The van der Waals surface area contributed by atoms with Crippen LogP contribution in [0.4, 0.5) is 5.69 Å². The second-order valence-electron chi connectivity index (χ2n) is 16.3. The van der Waals surface area contributed by atoms with Gasteiger partial charge in [0.25, 0.3) is 0 Å². The Labute approximate surface area is 275 Å². The summed E-state index contributed by atoms with van der Waals surface area (Å²) in [4.78, 5) is 33.6. The summed E-state index contributed by atoms with van der Waals surface area (Å²) in [5, 5.41) is 4.68. The molecule has 8 rings (SSSR count). The Kier molecular flexibility index (Phi) is 7.72. The minimum atomic E-state index is 0.0586. The molecular weight excluding hydrogens is 572 g/mol. The number of allylic oxidation sites excluding steroid dienone is 2. The summed E-state index contributed by atoms with van der Waals surface area (Å²) in [6.07, 6.45) is 18.4. The highest BCUT2D eigenvalue weighted by molar-refractivity contribution is 5.92. The molecule has 0 N–H and O–H groups in total. The first-order chi connectivity index (χ1) is 22.2. The molecule has 0 spiro atoms. The summed E-state index contributed by atoms with van der Waals surface area (Å²) < 4.78 is 6.26. The monoisotopic (exact) mass is 624 g/mol. The number of ether oxygens (including phenoxy) is 1. The van der Waals surface area contributed by atoms with Crippen LogP contribution in [0.5, 0.6) is 5.75 Å². The molecule has 4 fully saturated rings. The van der Waals surface area contributed by atoms with Gasteiger partial charge in [0.1, 0.15) is 17.3 Å². The van der Waals surface area contributed by atoms with Crippen LogP contribution in [0, 0.1) is 34.5 Å². The van der Waals surface area contributed by atoms with Crippen molar-refractivity contribution >= 4 is 28.5 Å². The molecule has 3 unspecified atom stereocenters. The molecule has 4 aliphatic carbocycles. The predicted molar refractivity (Wildman–Crippen MR) is 182 cm³/mol. The van der Waals surface area contributed by atoms with Gasteiger partial charge in [0, 0.05) is 54.6 Å². The highest BCUT2D eigenvalue weighted by Crippen LogP contribution is 2.65. The van der Waals surface area contributed by atoms with Crippen molar-refractivity contribution in [2.45, 2.75) is 117 Å². The normalized spacial score (nSPS) is 35.3. The molecule has 246 valence electrons. The number of fused-ring (bicyclic) bond motifs is 7. The van der Waals surface area contributed by atoms with Gasteiger partial charge in [0.2, 0.25) is 0 Å². The number of Topliss-reactive ketones (excluding diaryl/α,β-unsaturated/α-hetero) is 2. The molecule has 1 aromatic carbocycles. The Morgan fingerprint density at radius 1 is 1.07 bits per heavy atom. The molecule has 0 radical (unpaired) electrons. The summed E-state index contributed by atoms with van der Waals surface area (Å²) in [6.45, 7) is 11.4. The molecule has 0 bridgehead atoms. The Balaban J connectivity index is 0.871. The smallest absolute Gasteiger partial charge is 0.175 e. The number of rotatable bonds is 7. The lowest BCUT2D eigenvalue weighted by molar-refractivity contribution is -0.136. The van der Waals surface area contributed by atoms with Gasteiger partial charge in [-0.05, 0) is 136 Å². The van der Waals surface area contributed by atoms with E-state index in [4.69, 9.17) is 9.57 Å². The molecule has 6 nitrogen and oxygen atoms in total. The van der Waals surface area contributed by atoms with E-state index in [0.717, 1.165) is 88.5 Å². The third-order valence-electron chi connectivity index (χ3n) is 13.9. The molecule has 0 aromatic heterocycles. The van der Waals surface area contributed by atoms with Crippen molar-refractivity contribution in [3.63, 3.8) is 0 Å². The fourth-order valence-electron chi connectivity index (χ4n) is 11.5. The van der Waals surface area contributed by atoms with Gasteiger partial charge in [0.15, 0.2) is 12.4 Å². The molecule has 3 aliphatic heterocycles. The quantitative estimate of drug-likeness (QED) is 0.285. The van der Waals surface area contributed by atoms with Crippen molar-refractivity contribution in [2.24, 2.45) is 39.7 Å². The predicted octanol–water partition coefficient (Wildman–Crippen LogP) is 8.40. The van der Waals surface area contributed by atoms with Gasteiger partial charge in [-0.15, -0.1) is 0 Å². The van der Waals surface area contributed by atoms with Crippen molar-refractivity contribution in [3.8, 4) is 5.75 Å². The van der Waals surface area contributed by atoms with E-state index in [2.05, 4.69) is 42.6 Å². The van der Waals surface area contributed by atoms with Crippen LogP contribution in [0.3, 0.4) is 0 Å². The zero-order valence-corrected chi connectivity index (χ0v) is 28.1. The maximum Gasteiger partial charge on any atom is 0.175 e. The molecule has 46 heavy (non-hydrogen) atoms. The van der Waals surface area contributed by atoms with E-state index in [1.54, 1.807) is 0 Å². The van der Waals surface area contributed by atoms with Gasteiger partial charge in [0.05, 0.1) is 5.71 Å². The van der Waals surface area contributed by atoms with E-state index >= 15 is 0 Å². The summed E-state index contributed by atoms with van der Waals surface area (Å²) in [6, 6.07) is 2.36. The van der Waals surface area contributed by atoms with E-state index in [1.165, 1.54) is 72.2 Å². The van der Waals surface area contributed by atoms with Crippen LogP contribution in [0.1, 0.15) is 120 Å². The van der Waals surface area contributed by atoms with Crippen LogP contribution < -0.4 is 9.64 Å². The first-order valence-electron chi connectivity index (χ1n) is 18.5. The summed E-state index contributed by atoms with van der Waals surface area (Å²) in [5.41, 5.74) is 8.27. The number of nitrogens with zero attached hydrogens (tertiary/aromatic N) is 2. The number of hydrogen-bond acceptors (Lipinski definition) is 6. The van der Waals surface area contributed by atoms with Gasteiger partial charge in [-0.1, -0.05) is 25.6 Å². The van der Waals surface area contributed by atoms with Crippen LogP contribution in [0.25, 0.3) is 5.57 Å². The molecule has 7 aliphatic rings. The fourth-order valence-corrected chi connectivity index (χ4v) is 11.5. The maximum atomic E-state index is 13.0. The van der Waals surface area contributed by atoms with Crippen LogP contribution in [0.2, 0.25) is 0 Å². The van der Waals surface area contributed by atoms with Crippen molar-refractivity contribution in [2.75, 3.05) is 24.6 Å². The molecule has 6 atom stereocenters. The number of aryl methyl sites for hydroxylation is 1. The Hall–Kier alpha value is -2.89. The number of carbonyl (C=O) groups excluding carboxylic acids is 2. The zero-order valence-electron chi connectivity index (χ0n) is 28.1. The van der Waals surface area contributed by atoms with Crippen LogP contribution in [-0.2, 0) is 27.3 Å². The number of hydrogen-bond donors (Lipinski definition) is 0. The van der Waals surface area contributed by atoms with Crippen LogP contribution in [-0.4, -0.2) is 37.0 Å². The van der Waals surface area contributed by atoms with Gasteiger partial charge in [-0.25, -0.2) is 0 Å². The van der Waals surface area contributed by atoms with Crippen LogP contribution in [0.15, 0.2) is 29.6 Å². The Morgan fingerprint density at radius 3 is 2.78 bits per heavy atom.